The van der Waals surface area contributed by atoms with E-state index >= 15 is 0 Å². The van der Waals surface area contributed by atoms with E-state index in [2.05, 4.69) is 4.98 Å². The van der Waals surface area contributed by atoms with Gasteiger partial charge >= 0.3 is 0 Å². The van der Waals surface area contributed by atoms with Gasteiger partial charge in [-0.05, 0) is 49.9 Å². The van der Waals surface area contributed by atoms with Gasteiger partial charge in [-0.1, -0.05) is 12.1 Å². The molecule has 1 aromatic heterocycles. The Morgan fingerprint density at radius 2 is 2.09 bits per heavy atom. The highest BCUT2D eigenvalue weighted by Gasteiger charge is 2.29. The molecule has 1 aromatic carbocycles. The van der Waals surface area contributed by atoms with E-state index in [1.54, 1.807) is 12.1 Å². The molecule has 6 heteroatoms. The maximum Gasteiger partial charge on any atom is 0.265 e. The lowest BCUT2D eigenvalue weighted by molar-refractivity contribution is 0.326. The van der Waals surface area contributed by atoms with E-state index in [-0.39, 0.29) is 4.90 Å². The molecule has 0 unspecified atom stereocenters. The van der Waals surface area contributed by atoms with Crippen molar-refractivity contribution in [2.24, 2.45) is 0 Å². The van der Waals surface area contributed by atoms with Crippen LogP contribution in [0.15, 0.2) is 41.4 Å². The van der Waals surface area contributed by atoms with E-state index in [9.17, 15) is 8.42 Å². The number of rotatable bonds is 4. The number of ether oxygens (including phenoxy) is 1. The molecule has 5 nitrogen and oxygen atoms in total. The Morgan fingerprint density at radius 3 is 2.78 bits per heavy atom. The van der Waals surface area contributed by atoms with Gasteiger partial charge < -0.3 is 4.74 Å². The molecule has 1 aliphatic heterocycles. The first-order chi connectivity index (χ1) is 11.0. The molecule has 0 fully saturated rings. The van der Waals surface area contributed by atoms with Gasteiger partial charge in [0.15, 0.2) is 0 Å². The molecule has 23 heavy (non-hydrogen) atoms. The molecule has 0 aliphatic carbocycles. The highest BCUT2D eigenvalue weighted by molar-refractivity contribution is 7.92. The van der Waals surface area contributed by atoms with Gasteiger partial charge in [0.2, 0.25) is 5.88 Å². The summed E-state index contributed by atoms with van der Waals surface area (Å²) in [7, 11) is -3.61. The molecular weight excluding hydrogens is 312 g/mol. The van der Waals surface area contributed by atoms with Gasteiger partial charge in [0.25, 0.3) is 10.0 Å². The minimum Gasteiger partial charge on any atom is -0.478 e. The van der Waals surface area contributed by atoms with E-state index in [4.69, 9.17) is 4.74 Å². The molecule has 0 spiro atoms. The highest BCUT2D eigenvalue weighted by atomic mass is 32.2. The summed E-state index contributed by atoms with van der Waals surface area (Å²) in [5, 5.41) is 0. The van der Waals surface area contributed by atoms with Gasteiger partial charge in [-0.2, -0.15) is 0 Å². The Labute approximate surface area is 137 Å². The first kappa shape index (κ1) is 15.8. The zero-order chi connectivity index (χ0) is 16.4. The lowest BCUT2D eigenvalue weighted by Gasteiger charge is -2.30. The van der Waals surface area contributed by atoms with Gasteiger partial charge in [-0.25, -0.2) is 13.4 Å². The molecule has 2 aromatic rings. The number of aromatic nitrogens is 1. The van der Waals surface area contributed by atoms with Crippen molar-refractivity contribution in [3.05, 3.63) is 47.7 Å². The third-order valence-electron chi connectivity index (χ3n) is 3.91. The van der Waals surface area contributed by atoms with Crippen LogP contribution in [0.4, 0.5) is 5.69 Å². The van der Waals surface area contributed by atoms with Crippen LogP contribution in [0.25, 0.3) is 0 Å². The molecule has 0 N–H and O–H groups in total. The number of nitrogens with zero attached hydrogens (tertiary/aromatic N) is 2. The molecule has 0 saturated heterocycles. The second kappa shape index (κ2) is 6.20. The van der Waals surface area contributed by atoms with Crippen molar-refractivity contribution in [3.63, 3.8) is 0 Å². The summed E-state index contributed by atoms with van der Waals surface area (Å²) in [6.07, 6.45) is 3.09. The fraction of sp³-hybridized carbons (Fsp3) is 0.353. The number of benzene rings is 1. The molecule has 122 valence electrons. The summed E-state index contributed by atoms with van der Waals surface area (Å²) in [6.45, 7) is 4.82. The van der Waals surface area contributed by atoms with Crippen LogP contribution in [0.1, 0.15) is 24.5 Å². The van der Waals surface area contributed by atoms with Crippen molar-refractivity contribution in [2.75, 3.05) is 17.5 Å². The first-order valence-electron chi connectivity index (χ1n) is 7.73. The summed E-state index contributed by atoms with van der Waals surface area (Å²) in [4.78, 5) is 4.27. The Morgan fingerprint density at radius 1 is 1.26 bits per heavy atom. The van der Waals surface area contributed by atoms with Crippen LogP contribution in [0, 0.1) is 6.92 Å². The van der Waals surface area contributed by atoms with Gasteiger partial charge in [0, 0.05) is 12.6 Å². The lowest BCUT2D eigenvalue weighted by Crippen LogP contribution is -2.35. The molecule has 0 atom stereocenters. The van der Waals surface area contributed by atoms with Crippen molar-refractivity contribution >= 4 is 15.7 Å². The maximum atomic E-state index is 13.0. The summed E-state index contributed by atoms with van der Waals surface area (Å²) < 4.78 is 32.7. The lowest BCUT2D eigenvalue weighted by atomic mass is 10.0. The number of hydrogen-bond acceptors (Lipinski definition) is 4. The smallest absolute Gasteiger partial charge is 0.265 e. The second-order valence-corrected chi connectivity index (χ2v) is 7.44. The second-order valence-electron chi connectivity index (χ2n) is 5.58. The molecule has 0 bridgehead atoms. The van der Waals surface area contributed by atoms with Gasteiger partial charge in [0.1, 0.15) is 4.90 Å². The third-order valence-corrected chi connectivity index (χ3v) is 5.70. The topological polar surface area (TPSA) is 59.5 Å². The third kappa shape index (κ3) is 3.03. The monoisotopic (exact) mass is 332 g/mol. The summed E-state index contributed by atoms with van der Waals surface area (Å²) in [5.41, 5.74) is 2.91. The SMILES string of the molecule is CCOc1ccc(S(=O)(=O)N2CCCc3ccc(C)cc32)cn1. The Kier molecular flexibility index (Phi) is 4.26. The molecule has 3 rings (SSSR count). The van der Waals surface area contributed by atoms with Crippen molar-refractivity contribution < 1.29 is 13.2 Å². The van der Waals surface area contributed by atoms with Crippen LogP contribution < -0.4 is 9.04 Å². The fourth-order valence-corrected chi connectivity index (χ4v) is 4.26. The van der Waals surface area contributed by atoms with Crippen molar-refractivity contribution in [1.29, 1.82) is 0 Å². The van der Waals surface area contributed by atoms with Crippen LogP contribution in [0.2, 0.25) is 0 Å². The minimum absolute atomic E-state index is 0.190. The van der Waals surface area contributed by atoms with Crippen molar-refractivity contribution in [3.8, 4) is 5.88 Å². The number of pyridine rings is 1. The van der Waals surface area contributed by atoms with Crippen LogP contribution in [0.3, 0.4) is 0 Å². The quantitative estimate of drug-likeness (QED) is 0.864. The van der Waals surface area contributed by atoms with E-state index < -0.39 is 10.0 Å². The predicted molar refractivity (Wildman–Crippen MR) is 89.4 cm³/mol. The number of hydrogen-bond donors (Lipinski definition) is 0. The molecule has 2 heterocycles. The first-order valence-corrected chi connectivity index (χ1v) is 9.17. The van der Waals surface area contributed by atoms with Crippen LogP contribution >= 0.6 is 0 Å². The Balaban J connectivity index is 1.99. The molecule has 0 radical (unpaired) electrons. The standard InChI is InChI=1S/C17H20N2O3S/c1-3-22-17-9-8-15(12-18-17)23(20,21)19-10-4-5-14-7-6-13(2)11-16(14)19/h6-9,11-12H,3-5,10H2,1-2H3. The van der Waals surface area contributed by atoms with E-state index in [0.717, 1.165) is 29.7 Å². The van der Waals surface area contributed by atoms with Gasteiger partial charge in [-0.15, -0.1) is 0 Å². The number of sulfonamides is 1. The number of fused-ring (bicyclic) bond motifs is 1. The largest absolute Gasteiger partial charge is 0.478 e. The molecular formula is C17H20N2O3S. The van der Waals surface area contributed by atoms with Gasteiger partial charge in [0.05, 0.1) is 18.5 Å². The predicted octanol–water partition coefficient (Wildman–Crippen LogP) is 2.93. The average molecular weight is 332 g/mol. The van der Waals surface area contributed by atoms with Crippen molar-refractivity contribution in [1.82, 2.24) is 4.98 Å². The van der Waals surface area contributed by atoms with Crippen LogP contribution in [0.5, 0.6) is 5.88 Å². The zero-order valence-corrected chi connectivity index (χ0v) is 14.1. The molecule has 1 aliphatic rings. The number of aryl methyl sites for hydroxylation is 2. The zero-order valence-electron chi connectivity index (χ0n) is 13.3. The van der Waals surface area contributed by atoms with Crippen LogP contribution in [-0.4, -0.2) is 26.6 Å². The fourth-order valence-electron chi connectivity index (χ4n) is 2.78. The summed E-state index contributed by atoms with van der Waals surface area (Å²) in [5.74, 6) is 0.432. The van der Waals surface area contributed by atoms with E-state index in [1.807, 2.05) is 32.0 Å². The highest BCUT2D eigenvalue weighted by Crippen LogP contribution is 2.32. The Bertz CT molecular complexity index is 801. The van der Waals surface area contributed by atoms with E-state index in [0.29, 0.717) is 19.0 Å². The minimum atomic E-state index is -3.61. The average Bonchev–Trinajstić information content (AvgIpc) is 2.55. The molecule has 0 saturated carbocycles. The number of anilines is 1. The van der Waals surface area contributed by atoms with E-state index in [1.165, 1.54) is 10.5 Å². The van der Waals surface area contributed by atoms with Gasteiger partial charge in [-0.3, -0.25) is 4.31 Å². The molecule has 0 amide bonds. The van der Waals surface area contributed by atoms with Crippen molar-refractivity contribution in [2.45, 2.75) is 31.6 Å². The Hall–Kier alpha value is -2.08. The van der Waals surface area contributed by atoms with Crippen LogP contribution in [-0.2, 0) is 16.4 Å². The summed E-state index contributed by atoms with van der Waals surface area (Å²) in [6, 6.07) is 9.12. The summed E-state index contributed by atoms with van der Waals surface area (Å²) >= 11 is 0. The normalized spacial score (nSPS) is 14.4. The maximum absolute atomic E-state index is 13.0.